The summed E-state index contributed by atoms with van der Waals surface area (Å²) in [4.78, 5) is 13.5. The molecule has 0 aromatic rings. The Morgan fingerprint density at radius 1 is 1.20 bits per heavy atom. The Labute approximate surface area is 122 Å². The molecule has 1 saturated carbocycles. The van der Waals surface area contributed by atoms with E-state index < -0.39 is 11.2 Å². The molecule has 4 heteroatoms. The first kappa shape index (κ1) is 15.6. The van der Waals surface area contributed by atoms with Gasteiger partial charge in [0.05, 0.1) is 13.1 Å². The minimum atomic E-state index is -0.689. The van der Waals surface area contributed by atoms with E-state index in [4.69, 9.17) is 4.74 Å². The highest BCUT2D eigenvalue weighted by molar-refractivity contribution is 5.69. The second kappa shape index (κ2) is 5.21. The Hall–Kier alpha value is -0.770. The van der Waals surface area contributed by atoms with Crippen LogP contribution in [0, 0.1) is 17.8 Å². The van der Waals surface area contributed by atoms with Gasteiger partial charge in [0.1, 0.15) is 11.2 Å². The first-order valence-corrected chi connectivity index (χ1v) is 7.81. The Bertz CT molecular complexity index is 368. The molecule has 1 N–H and O–H groups in total. The molecule has 1 heterocycles. The van der Waals surface area contributed by atoms with Crippen molar-refractivity contribution in [3.63, 3.8) is 0 Å². The van der Waals surface area contributed by atoms with Crippen LogP contribution in [0.15, 0.2) is 0 Å². The Kier molecular flexibility index (Phi) is 4.07. The van der Waals surface area contributed by atoms with Gasteiger partial charge in [0.25, 0.3) is 0 Å². The summed E-state index contributed by atoms with van der Waals surface area (Å²) in [7, 11) is 0. The normalized spacial score (nSPS) is 33.5. The number of aliphatic hydroxyl groups is 1. The summed E-state index contributed by atoms with van der Waals surface area (Å²) in [5.74, 6) is 1.73. The zero-order valence-electron chi connectivity index (χ0n) is 13.5. The molecule has 2 rings (SSSR count). The number of nitrogens with zero attached hydrogens (tertiary/aromatic N) is 1. The smallest absolute Gasteiger partial charge is 0.410 e. The molecular formula is C16H29NO3. The van der Waals surface area contributed by atoms with E-state index >= 15 is 0 Å². The summed E-state index contributed by atoms with van der Waals surface area (Å²) in [5, 5.41) is 10.7. The van der Waals surface area contributed by atoms with Crippen LogP contribution in [0.3, 0.4) is 0 Å². The second-order valence-corrected chi connectivity index (χ2v) is 7.90. The van der Waals surface area contributed by atoms with Gasteiger partial charge in [0, 0.05) is 0 Å². The van der Waals surface area contributed by atoms with Crippen LogP contribution < -0.4 is 0 Å². The summed E-state index contributed by atoms with van der Waals surface area (Å²) in [5.41, 5.74) is -1.16. The monoisotopic (exact) mass is 283 g/mol. The molecule has 20 heavy (non-hydrogen) atoms. The minimum absolute atomic E-state index is 0.306. The predicted molar refractivity (Wildman–Crippen MR) is 78.4 cm³/mol. The Balaban J connectivity index is 1.86. The molecule has 0 aromatic carbocycles. The van der Waals surface area contributed by atoms with Crippen LogP contribution in [0.5, 0.6) is 0 Å². The fraction of sp³-hybridized carbons (Fsp3) is 0.938. The van der Waals surface area contributed by atoms with Crippen molar-refractivity contribution in [2.75, 3.05) is 13.1 Å². The first-order valence-electron chi connectivity index (χ1n) is 7.81. The number of hydrogen-bond donors (Lipinski definition) is 1. The lowest BCUT2D eigenvalue weighted by Crippen LogP contribution is -2.67. The van der Waals surface area contributed by atoms with Crippen LogP contribution in [-0.2, 0) is 4.74 Å². The van der Waals surface area contributed by atoms with Crippen LogP contribution in [0.4, 0.5) is 4.79 Å². The summed E-state index contributed by atoms with van der Waals surface area (Å²) in [6.45, 7) is 11.0. The maximum Gasteiger partial charge on any atom is 0.410 e. The lowest BCUT2D eigenvalue weighted by molar-refractivity contribution is -0.144. The molecule has 3 unspecified atom stereocenters. The van der Waals surface area contributed by atoms with Crippen molar-refractivity contribution >= 4 is 6.09 Å². The van der Waals surface area contributed by atoms with Crippen molar-refractivity contribution in [1.29, 1.82) is 0 Å². The number of β-amino-alcohol motifs (C(OH)–C–C–N with tert-alkyl or cyclic N) is 1. The predicted octanol–water partition coefficient (Wildman–Crippen LogP) is 3.04. The van der Waals surface area contributed by atoms with Gasteiger partial charge >= 0.3 is 6.09 Å². The molecule has 0 bridgehead atoms. The number of likely N-dealkylation sites (tertiary alicyclic amines) is 1. The molecule has 116 valence electrons. The van der Waals surface area contributed by atoms with Crippen molar-refractivity contribution in [2.24, 2.45) is 17.8 Å². The van der Waals surface area contributed by atoms with Crippen LogP contribution in [0.25, 0.3) is 0 Å². The van der Waals surface area contributed by atoms with E-state index in [-0.39, 0.29) is 6.09 Å². The van der Waals surface area contributed by atoms with Gasteiger partial charge in [-0.1, -0.05) is 20.3 Å². The standard InChI is InChI=1S/C16H29NO3/c1-11-6-7-13(8-12(11)2)16(19)9-17(10-16)14(18)20-15(3,4)5/h11-13,19H,6-10H2,1-5H3. The molecule has 1 amide bonds. The third-order valence-electron chi connectivity index (χ3n) is 4.94. The molecule has 3 atom stereocenters. The number of amides is 1. The maximum absolute atomic E-state index is 11.9. The molecule has 1 saturated heterocycles. The number of carbonyl (C=O) groups excluding carboxylic acids is 1. The van der Waals surface area contributed by atoms with Crippen LogP contribution >= 0.6 is 0 Å². The molecule has 0 aromatic heterocycles. The molecular weight excluding hydrogens is 254 g/mol. The van der Waals surface area contributed by atoms with E-state index in [1.807, 2.05) is 20.8 Å². The molecule has 0 spiro atoms. The average molecular weight is 283 g/mol. The van der Waals surface area contributed by atoms with Gasteiger partial charge in [0.15, 0.2) is 0 Å². The highest BCUT2D eigenvalue weighted by Crippen LogP contribution is 2.42. The lowest BCUT2D eigenvalue weighted by atomic mass is 9.67. The largest absolute Gasteiger partial charge is 0.444 e. The van der Waals surface area contributed by atoms with E-state index in [0.29, 0.717) is 24.9 Å². The Morgan fingerprint density at radius 2 is 1.80 bits per heavy atom. The van der Waals surface area contributed by atoms with Gasteiger partial charge in [-0.3, -0.25) is 0 Å². The van der Waals surface area contributed by atoms with Gasteiger partial charge < -0.3 is 14.7 Å². The lowest BCUT2D eigenvalue weighted by Gasteiger charge is -2.52. The van der Waals surface area contributed by atoms with Gasteiger partial charge in [-0.15, -0.1) is 0 Å². The molecule has 2 aliphatic rings. The van der Waals surface area contributed by atoms with E-state index in [1.54, 1.807) is 4.90 Å². The summed E-state index contributed by atoms with van der Waals surface area (Å²) >= 11 is 0. The summed E-state index contributed by atoms with van der Waals surface area (Å²) < 4.78 is 5.34. The Morgan fingerprint density at radius 3 is 2.30 bits per heavy atom. The number of carbonyl (C=O) groups is 1. The molecule has 0 radical (unpaired) electrons. The minimum Gasteiger partial charge on any atom is -0.444 e. The zero-order chi connectivity index (χ0) is 15.1. The fourth-order valence-corrected chi connectivity index (χ4v) is 3.36. The first-order chi connectivity index (χ1) is 9.11. The quantitative estimate of drug-likeness (QED) is 0.804. The molecule has 4 nitrogen and oxygen atoms in total. The molecule has 2 fully saturated rings. The van der Waals surface area contributed by atoms with Crippen molar-refractivity contribution in [3.05, 3.63) is 0 Å². The van der Waals surface area contributed by atoms with E-state index in [2.05, 4.69) is 13.8 Å². The van der Waals surface area contributed by atoms with Crippen LogP contribution in [0.2, 0.25) is 0 Å². The fourth-order valence-electron chi connectivity index (χ4n) is 3.36. The van der Waals surface area contributed by atoms with Crippen molar-refractivity contribution < 1.29 is 14.6 Å². The molecule has 1 aliphatic heterocycles. The van der Waals surface area contributed by atoms with Crippen molar-refractivity contribution in [1.82, 2.24) is 4.90 Å². The topological polar surface area (TPSA) is 49.8 Å². The van der Waals surface area contributed by atoms with Crippen LogP contribution in [-0.4, -0.2) is 40.4 Å². The third-order valence-corrected chi connectivity index (χ3v) is 4.94. The van der Waals surface area contributed by atoms with Crippen molar-refractivity contribution in [3.8, 4) is 0 Å². The van der Waals surface area contributed by atoms with Gasteiger partial charge in [-0.25, -0.2) is 4.79 Å². The van der Waals surface area contributed by atoms with E-state index in [0.717, 1.165) is 18.8 Å². The van der Waals surface area contributed by atoms with Gasteiger partial charge in [-0.05, 0) is 51.4 Å². The second-order valence-electron chi connectivity index (χ2n) is 7.90. The zero-order valence-corrected chi connectivity index (χ0v) is 13.5. The summed E-state index contributed by atoms with van der Waals surface area (Å²) in [6.07, 6.45) is 3.02. The third kappa shape index (κ3) is 3.27. The maximum atomic E-state index is 11.9. The van der Waals surface area contributed by atoms with E-state index in [1.165, 1.54) is 6.42 Å². The van der Waals surface area contributed by atoms with Gasteiger partial charge in [0.2, 0.25) is 0 Å². The van der Waals surface area contributed by atoms with Crippen molar-refractivity contribution in [2.45, 2.75) is 65.1 Å². The summed E-state index contributed by atoms with van der Waals surface area (Å²) in [6, 6.07) is 0. The van der Waals surface area contributed by atoms with Gasteiger partial charge in [-0.2, -0.15) is 0 Å². The van der Waals surface area contributed by atoms with Crippen LogP contribution in [0.1, 0.15) is 53.9 Å². The van der Waals surface area contributed by atoms with E-state index in [9.17, 15) is 9.90 Å². The number of rotatable bonds is 1. The number of ether oxygens (including phenoxy) is 1. The highest BCUT2D eigenvalue weighted by Gasteiger charge is 2.51. The number of hydrogen-bond acceptors (Lipinski definition) is 3. The molecule has 1 aliphatic carbocycles. The highest BCUT2D eigenvalue weighted by atomic mass is 16.6. The SMILES string of the molecule is CC1CCC(C2(O)CN(C(=O)OC(C)(C)C)C2)CC1C. The average Bonchev–Trinajstić information content (AvgIpc) is 2.26.